The zero-order chi connectivity index (χ0) is 14.1. The summed E-state index contributed by atoms with van der Waals surface area (Å²) < 4.78 is 73.4. The van der Waals surface area contributed by atoms with Gasteiger partial charge in [0.15, 0.2) is 5.78 Å². The van der Waals surface area contributed by atoms with Crippen molar-refractivity contribution in [2.45, 2.75) is 19.3 Å². The lowest BCUT2D eigenvalue weighted by Gasteiger charge is -2.14. The molecule has 1 aromatic carbocycles. The van der Waals surface area contributed by atoms with Crippen molar-refractivity contribution in [1.29, 1.82) is 0 Å². The van der Waals surface area contributed by atoms with E-state index in [9.17, 15) is 31.1 Å². The van der Waals surface area contributed by atoms with E-state index in [0.717, 1.165) is 12.1 Å². The van der Waals surface area contributed by atoms with E-state index in [1.807, 2.05) is 0 Å². The average molecular weight is 270 g/mol. The maximum atomic E-state index is 12.3. The Kier molecular flexibility index (Phi) is 3.73. The van der Waals surface area contributed by atoms with Crippen molar-refractivity contribution in [3.05, 3.63) is 35.4 Å². The van der Waals surface area contributed by atoms with E-state index in [-0.39, 0.29) is 0 Å². The zero-order valence-electron chi connectivity index (χ0n) is 9.06. The summed E-state index contributed by atoms with van der Waals surface area (Å²) in [6, 6.07) is 2.65. The second kappa shape index (κ2) is 4.62. The Bertz CT molecular complexity index is 428. The van der Waals surface area contributed by atoms with E-state index in [1.54, 1.807) is 0 Å². The first-order valence-electron chi connectivity index (χ1n) is 4.81. The van der Waals surface area contributed by atoms with Gasteiger partial charge in [0.1, 0.15) is 5.92 Å². The molecule has 0 fully saturated rings. The number of rotatable bonds is 2. The molecule has 0 aliphatic carbocycles. The molecule has 1 nitrogen and oxygen atoms in total. The van der Waals surface area contributed by atoms with E-state index in [1.165, 1.54) is 0 Å². The molecule has 7 heteroatoms. The molecule has 18 heavy (non-hydrogen) atoms. The minimum Gasteiger partial charge on any atom is -0.294 e. The number of carbonyl (C=O) groups excluding carboxylic acids is 1. The standard InChI is InChI=1S/C11H8F6O/c1-6(10(12,13)14)9(18)7-2-4-8(5-3-7)11(15,16)17/h2-6H,1H3. The molecule has 0 aliphatic rings. The van der Waals surface area contributed by atoms with Gasteiger partial charge in [-0.3, -0.25) is 4.79 Å². The number of carbonyl (C=O) groups is 1. The lowest BCUT2D eigenvalue weighted by Crippen LogP contribution is -2.28. The monoisotopic (exact) mass is 270 g/mol. The van der Waals surface area contributed by atoms with E-state index in [2.05, 4.69) is 0 Å². The van der Waals surface area contributed by atoms with Crippen LogP contribution in [0.3, 0.4) is 0 Å². The van der Waals surface area contributed by atoms with Crippen LogP contribution in [-0.2, 0) is 6.18 Å². The molecule has 0 aliphatic heterocycles. The third-order valence-electron chi connectivity index (χ3n) is 2.38. The summed E-state index contributed by atoms with van der Waals surface area (Å²) in [5.74, 6) is -3.49. The minimum atomic E-state index is -4.71. The summed E-state index contributed by atoms with van der Waals surface area (Å²) in [4.78, 5) is 11.4. The Morgan fingerprint density at radius 1 is 1.00 bits per heavy atom. The first kappa shape index (κ1) is 14.5. The molecule has 1 unspecified atom stereocenters. The Hall–Kier alpha value is -1.53. The highest BCUT2D eigenvalue weighted by atomic mass is 19.4. The van der Waals surface area contributed by atoms with Gasteiger partial charge in [0.25, 0.3) is 0 Å². The average Bonchev–Trinajstić information content (AvgIpc) is 2.25. The van der Waals surface area contributed by atoms with Crippen LogP contribution >= 0.6 is 0 Å². The molecule has 100 valence electrons. The summed E-state index contributed by atoms with van der Waals surface area (Å²) >= 11 is 0. The number of halogens is 6. The summed E-state index contributed by atoms with van der Waals surface area (Å²) in [5, 5.41) is 0. The van der Waals surface area contributed by atoms with Crippen molar-refractivity contribution in [3.63, 3.8) is 0 Å². The van der Waals surface area contributed by atoms with E-state index < -0.39 is 35.2 Å². The van der Waals surface area contributed by atoms with Crippen LogP contribution in [0.15, 0.2) is 24.3 Å². The first-order valence-corrected chi connectivity index (χ1v) is 4.81. The minimum absolute atomic E-state index is 0.396. The van der Waals surface area contributed by atoms with Crippen LogP contribution in [0.1, 0.15) is 22.8 Å². The van der Waals surface area contributed by atoms with Crippen molar-refractivity contribution in [2.75, 3.05) is 0 Å². The van der Waals surface area contributed by atoms with Crippen LogP contribution in [0.2, 0.25) is 0 Å². The number of alkyl halides is 6. The van der Waals surface area contributed by atoms with Crippen LogP contribution < -0.4 is 0 Å². The quantitative estimate of drug-likeness (QED) is 0.584. The van der Waals surface area contributed by atoms with Gasteiger partial charge in [-0.2, -0.15) is 26.3 Å². The SMILES string of the molecule is CC(C(=O)c1ccc(C(F)(F)F)cc1)C(F)(F)F. The zero-order valence-corrected chi connectivity index (χ0v) is 9.06. The summed E-state index contributed by atoms with van der Waals surface area (Å²) in [7, 11) is 0. The van der Waals surface area contributed by atoms with Gasteiger partial charge < -0.3 is 0 Å². The third kappa shape index (κ3) is 3.24. The first-order chi connectivity index (χ1) is 8.03. The number of ketones is 1. The Morgan fingerprint density at radius 2 is 1.44 bits per heavy atom. The van der Waals surface area contributed by atoms with Gasteiger partial charge >= 0.3 is 12.4 Å². The lowest BCUT2D eigenvalue weighted by molar-refractivity contribution is -0.156. The van der Waals surface area contributed by atoms with E-state index >= 15 is 0 Å². The molecule has 0 saturated heterocycles. The van der Waals surface area contributed by atoms with Crippen molar-refractivity contribution >= 4 is 5.78 Å². The summed E-state index contributed by atoms with van der Waals surface area (Å²) in [5.41, 5.74) is -1.41. The molecule has 0 amide bonds. The van der Waals surface area contributed by atoms with Gasteiger partial charge in [0.05, 0.1) is 5.56 Å². The molecule has 1 rings (SSSR count). The maximum Gasteiger partial charge on any atom is 0.416 e. The molecule has 1 atom stereocenters. The highest BCUT2D eigenvalue weighted by molar-refractivity contribution is 5.98. The van der Waals surface area contributed by atoms with Gasteiger partial charge in [0.2, 0.25) is 0 Å². The van der Waals surface area contributed by atoms with Crippen molar-refractivity contribution in [1.82, 2.24) is 0 Å². The van der Waals surface area contributed by atoms with E-state index in [0.29, 0.717) is 19.1 Å². The summed E-state index contributed by atoms with van der Waals surface area (Å²) in [6.45, 7) is 0.667. The van der Waals surface area contributed by atoms with Gasteiger partial charge in [-0.25, -0.2) is 0 Å². The van der Waals surface area contributed by atoms with Crippen LogP contribution in [0.4, 0.5) is 26.3 Å². The smallest absolute Gasteiger partial charge is 0.294 e. The van der Waals surface area contributed by atoms with E-state index in [4.69, 9.17) is 0 Å². The Balaban J connectivity index is 2.96. The second-order valence-electron chi connectivity index (χ2n) is 3.70. The van der Waals surface area contributed by atoms with Crippen molar-refractivity contribution in [2.24, 2.45) is 5.92 Å². The molecule has 0 N–H and O–H groups in total. The predicted octanol–water partition coefficient (Wildman–Crippen LogP) is 4.09. The fraction of sp³-hybridized carbons (Fsp3) is 0.364. The number of benzene rings is 1. The molecule has 0 bridgehead atoms. The number of hydrogen-bond acceptors (Lipinski definition) is 1. The highest BCUT2D eigenvalue weighted by Crippen LogP contribution is 2.31. The number of hydrogen-bond donors (Lipinski definition) is 0. The molecule has 0 radical (unpaired) electrons. The van der Waals surface area contributed by atoms with Crippen LogP contribution in [0.5, 0.6) is 0 Å². The Labute approximate surface area is 98.4 Å². The molecule has 1 aromatic rings. The molecular weight excluding hydrogens is 262 g/mol. The third-order valence-corrected chi connectivity index (χ3v) is 2.38. The van der Waals surface area contributed by atoms with Gasteiger partial charge in [-0.1, -0.05) is 12.1 Å². The molecule has 0 aromatic heterocycles. The van der Waals surface area contributed by atoms with Crippen molar-refractivity contribution < 1.29 is 31.1 Å². The topological polar surface area (TPSA) is 17.1 Å². The van der Waals surface area contributed by atoms with Crippen LogP contribution in [0.25, 0.3) is 0 Å². The van der Waals surface area contributed by atoms with Gasteiger partial charge in [0, 0.05) is 5.56 Å². The molecule has 0 heterocycles. The Morgan fingerprint density at radius 3 is 1.78 bits per heavy atom. The largest absolute Gasteiger partial charge is 0.416 e. The van der Waals surface area contributed by atoms with Crippen LogP contribution in [-0.4, -0.2) is 12.0 Å². The fourth-order valence-corrected chi connectivity index (χ4v) is 1.22. The second-order valence-corrected chi connectivity index (χ2v) is 3.70. The molecule has 0 spiro atoms. The number of Topliss-reactive ketones (excluding diaryl/α,β-unsaturated/α-hetero) is 1. The van der Waals surface area contributed by atoms with Crippen LogP contribution in [0, 0.1) is 5.92 Å². The molecule has 0 saturated carbocycles. The predicted molar refractivity (Wildman–Crippen MR) is 51.0 cm³/mol. The highest BCUT2D eigenvalue weighted by Gasteiger charge is 2.41. The summed E-state index contributed by atoms with van der Waals surface area (Å²) in [6.07, 6.45) is -9.29. The van der Waals surface area contributed by atoms with Crippen molar-refractivity contribution in [3.8, 4) is 0 Å². The van der Waals surface area contributed by atoms with Gasteiger partial charge in [-0.15, -0.1) is 0 Å². The lowest BCUT2D eigenvalue weighted by atomic mass is 9.98. The molecular formula is C11H8F6O. The normalized spacial score (nSPS) is 14.4. The maximum absolute atomic E-state index is 12.3. The van der Waals surface area contributed by atoms with Gasteiger partial charge in [-0.05, 0) is 19.1 Å². The fourth-order valence-electron chi connectivity index (χ4n) is 1.22.